The Labute approximate surface area is 203 Å². The van der Waals surface area contributed by atoms with Gasteiger partial charge in [0, 0.05) is 29.3 Å². The number of nitrogens with one attached hydrogen (secondary N) is 2. The molecule has 1 heterocycles. The lowest BCUT2D eigenvalue weighted by atomic mass is 10.2. The van der Waals surface area contributed by atoms with Crippen LogP contribution >= 0.6 is 0 Å². The van der Waals surface area contributed by atoms with Gasteiger partial charge in [0.05, 0.1) is 11.5 Å². The summed E-state index contributed by atoms with van der Waals surface area (Å²) in [4.78, 5) is 16.7. The van der Waals surface area contributed by atoms with E-state index in [-0.39, 0.29) is 10.5 Å². The topological polar surface area (TPSA) is 107 Å². The molecule has 0 aliphatic carbocycles. The summed E-state index contributed by atoms with van der Waals surface area (Å²) in [5, 5.41) is 2.76. The van der Waals surface area contributed by atoms with Crippen molar-refractivity contribution in [3.8, 4) is 17.2 Å². The number of sulfonamides is 1. The highest BCUT2D eigenvalue weighted by Gasteiger charge is 2.17. The van der Waals surface area contributed by atoms with Crippen LogP contribution < -0.4 is 19.5 Å². The van der Waals surface area contributed by atoms with Gasteiger partial charge in [-0.2, -0.15) is 0 Å². The standard InChI is InChI=1S/C26H23N3O5S/c1-2-33-22-10-8-21(9-11-22)29-35(31,32)25-5-3-4-19(18-25)26(30)28-20-6-12-23(13-7-20)34-24-14-16-27-17-15-24/h3-18,29H,2H2,1H3,(H,28,30). The smallest absolute Gasteiger partial charge is 0.261 e. The molecule has 0 saturated heterocycles. The van der Waals surface area contributed by atoms with Gasteiger partial charge in [-0.25, -0.2) is 8.42 Å². The minimum absolute atomic E-state index is 0.0277. The number of carbonyl (C=O) groups is 1. The summed E-state index contributed by atoms with van der Waals surface area (Å²) < 4.78 is 39.3. The molecular weight excluding hydrogens is 466 g/mol. The van der Waals surface area contributed by atoms with Crippen molar-refractivity contribution in [2.45, 2.75) is 11.8 Å². The van der Waals surface area contributed by atoms with E-state index >= 15 is 0 Å². The third kappa shape index (κ3) is 6.36. The van der Waals surface area contributed by atoms with E-state index in [1.54, 1.807) is 79.1 Å². The van der Waals surface area contributed by atoms with Gasteiger partial charge in [0.15, 0.2) is 0 Å². The van der Waals surface area contributed by atoms with E-state index in [1.807, 2.05) is 6.92 Å². The number of rotatable bonds is 9. The van der Waals surface area contributed by atoms with Gasteiger partial charge in [0.2, 0.25) is 0 Å². The molecule has 1 aromatic heterocycles. The van der Waals surface area contributed by atoms with Gasteiger partial charge in [0.1, 0.15) is 17.2 Å². The first-order valence-corrected chi connectivity index (χ1v) is 12.3. The summed E-state index contributed by atoms with van der Waals surface area (Å²) in [5.74, 6) is 1.45. The van der Waals surface area contributed by atoms with Gasteiger partial charge in [0.25, 0.3) is 15.9 Å². The Morgan fingerprint density at radius 1 is 0.829 bits per heavy atom. The number of aromatic nitrogens is 1. The van der Waals surface area contributed by atoms with Crippen LogP contribution in [-0.2, 0) is 10.0 Å². The van der Waals surface area contributed by atoms with Gasteiger partial charge in [-0.05, 0) is 85.8 Å². The normalized spacial score (nSPS) is 10.9. The molecule has 0 unspecified atom stereocenters. The second-order valence-corrected chi connectivity index (χ2v) is 9.04. The van der Waals surface area contributed by atoms with Crippen LogP contribution in [0.2, 0.25) is 0 Å². The molecule has 4 aromatic rings. The van der Waals surface area contributed by atoms with Gasteiger partial charge in [-0.1, -0.05) is 6.07 Å². The molecule has 0 atom stereocenters. The van der Waals surface area contributed by atoms with Crippen molar-refractivity contribution >= 4 is 27.3 Å². The molecule has 0 radical (unpaired) electrons. The maximum Gasteiger partial charge on any atom is 0.261 e. The van der Waals surface area contributed by atoms with Crippen molar-refractivity contribution in [1.29, 1.82) is 0 Å². The largest absolute Gasteiger partial charge is 0.494 e. The van der Waals surface area contributed by atoms with Gasteiger partial charge >= 0.3 is 0 Å². The zero-order valence-electron chi connectivity index (χ0n) is 18.8. The number of pyridine rings is 1. The summed E-state index contributed by atoms with van der Waals surface area (Å²) in [6.45, 7) is 2.39. The fourth-order valence-corrected chi connectivity index (χ4v) is 4.26. The SMILES string of the molecule is CCOc1ccc(NS(=O)(=O)c2cccc(C(=O)Nc3ccc(Oc4ccncc4)cc3)c2)cc1. The van der Waals surface area contributed by atoms with Crippen molar-refractivity contribution in [3.05, 3.63) is 103 Å². The van der Waals surface area contributed by atoms with Crippen LogP contribution in [0.4, 0.5) is 11.4 Å². The zero-order chi connectivity index (χ0) is 24.7. The van der Waals surface area contributed by atoms with E-state index in [9.17, 15) is 13.2 Å². The lowest BCUT2D eigenvalue weighted by molar-refractivity contribution is 0.102. The first-order chi connectivity index (χ1) is 16.9. The number of anilines is 2. The summed E-state index contributed by atoms with van der Waals surface area (Å²) in [7, 11) is -3.89. The molecule has 0 fully saturated rings. The molecule has 0 bridgehead atoms. The molecule has 3 aromatic carbocycles. The second-order valence-electron chi connectivity index (χ2n) is 7.35. The number of nitrogens with zero attached hydrogens (tertiary/aromatic N) is 1. The van der Waals surface area contributed by atoms with Crippen LogP contribution in [0.5, 0.6) is 17.2 Å². The summed E-state index contributed by atoms with van der Waals surface area (Å²) in [6.07, 6.45) is 3.26. The molecule has 2 N–H and O–H groups in total. The lowest BCUT2D eigenvalue weighted by Gasteiger charge is -2.11. The second kappa shape index (κ2) is 10.7. The predicted octanol–water partition coefficient (Wildman–Crippen LogP) is 5.33. The number of hydrogen-bond acceptors (Lipinski definition) is 6. The van der Waals surface area contributed by atoms with Crippen LogP contribution in [0.15, 0.2) is 102 Å². The molecule has 0 saturated carbocycles. The van der Waals surface area contributed by atoms with E-state index in [0.717, 1.165) is 0 Å². The van der Waals surface area contributed by atoms with Crippen molar-refractivity contribution in [2.24, 2.45) is 0 Å². The average Bonchev–Trinajstić information content (AvgIpc) is 2.87. The highest BCUT2D eigenvalue weighted by atomic mass is 32.2. The molecule has 9 heteroatoms. The highest BCUT2D eigenvalue weighted by Crippen LogP contribution is 2.23. The van der Waals surface area contributed by atoms with Gasteiger partial charge in [-0.15, -0.1) is 0 Å². The number of hydrogen-bond donors (Lipinski definition) is 2. The Morgan fingerprint density at radius 3 is 2.14 bits per heavy atom. The third-order valence-electron chi connectivity index (χ3n) is 4.82. The predicted molar refractivity (Wildman–Crippen MR) is 134 cm³/mol. The van der Waals surface area contributed by atoms with E-state index in [1.165, 1.54) is 18.2 Å². The molecule has 4 rings (SSSR count). The van der Waals surface area contributed by atoms with Crippen LogP contribution in [0, 0.1) is 0 Å². The third-order valence-corrected chi connectivity index (χ3v) is 6.20. The molecule has 0 aliphatic rings. The van der Waals surface area contributed by atoms with Gasteiger partial charge in [-0.3, -0.25) is 14.5 Å². The first-order valence-electron chi connectivity index (χ1n) is 10.8. The van der Waals surface area contributed by atoms with E-state index in [2.05, 4.69) is 15.0 Å². The molecular formula is C26H23N3O5S. The Kier molecular flexibility index (Phi) is 7.27. The minimum atomic E-state index is -3.89. The van der Waals surface area contributed by atoms with Crippen LogP contribution in [0.25, 0.3) is 0 Å². The van der Waals surface area contributed by atoms with Crippen molar-refractivity contribution in [3.63, 3.8) is 0 Å². The van der Waals surface area contributed by atoms with Crippen molar-refractivity contribution in [1.82, 2.24) is 4.98 Å². The quantitative estimate of drug-likeness (QED) is 0.329. The Morgan fingerprint density at radius 2 is 1.46 bits per heavy atom. The van der Waals surface area contributed by atoms with Crippen LogP contribution in [0.3, 0.4) is 0 Å². The monoisotopic (exact) mass is 489 g/mol. The maximum atomic E-state index is 12.8. The average molecular weight is 490 g/mol. The molecule has 8 nitrogen and oxygen atoms in total. The van der Waals surface area contributed by atoms with E-state index in [4.69, 9.17) is 9.47 Å². The fourth-order valence-electron chi connectivity index (χ4n) is 3.16. The summed E-state index contributed by atoms with van der Waals surface area (Å²) in [5.41, 5.74) is 1.13. The summed E-state index contributed by atoms with van der Waals surface area (Å²) >= 11 is 0. The maximum absolute atomic E-state index is 12.8. The first kappa shape index (κ1) is 23.8. The van der Waals surface area contributed by atoms with E-state index in [0.29, 0.717) is 35.2 Å². The number of benzene rings is 3. The van der Waals surface area contributed by atoms with Crippen LogP contribution in [0.1, 0.15) is 17.3 Å². The van der Waals surface area contributed by atoms with Gasteiger partial charge < -0.3 is 14.8 Å². The zero-order valence-corrected chi connectivity index (χ0v) is 19.7. The van der Waals surface area contributed by atoms with Crippen molar-refractivity contribution < 1.29 is 22.7 Å². The summed E-state index contributed by atoms with van der Waals surface area (Å²) in [6, 6.07) is 22.7. The molecule has 178 valence electrons. The number of carbonyl (C=O) groups excluding carboxylic acids is 1. The molecule has 0 spiro atoms. The molecule has 1 amide bonds. The lowest BCUT2D eigenvalue weighted by Crippen LogP contribution is -2.16. The van der Waals surface area contributed by atoms with E-state index < -0.39 is 15.9 Å². The Bertz CT molecular complexity index is 1390. The van der Waals surface area contributed by atoms with Crippen molar-refractivity contribution in [2.75, 3.05) is 16.6 Å². The Hall–Kier alpha value is -4.37. The minimum Gasteiger partial charge on any atom is -0.494 e. The molecule has 35 heavy (non-hydrogen) atoms. The number of ether oxygens (including phenoxy) is 2. The van der Waals surface area contributed by atoms with Crippen LogP contribution in [-0.4, -0.2) is 25.9 Å². The Balaban J connectivity index is 1.42. The highest BCUT2D eigenvalue weighted by molar-refractivity contribution is 7.92. The fraction of sp³-hybridized carbons (Fsp3) is 0.0769. The molecule has 0 aliphatic heterocycles. The number of amides is 1.